The van der Waals surface area contributed by atoms with E-state index in [9.17, 15) is 9.18 Å². The van der Waals surface area contributed by atoms with Crippen LogP contribution in [0.1, 0.15) is 65.0 Å². The van der Waals surface area contributed by atoms with Crippen LogP contribution in [0.3, 0.4) is 0 Å². The lowest BCUT2D eigenvalue weighted by Crippen LogP contribution is -2.64. The number of halogens is 2. The fourth-order valence-corrected chi connectivity index (χ4v) is 8.12. The molecule has 1 aliphatic carbocycles. The lowest BCUT2D eigenvalue weighted by Gasteiger charge is -2.55. The molecule has 3 fully saturated rings. The summed E-state index contributed by atoms with van der Waals surface area (Å²) in [5.74, 6) is 0.340. The summed E-state index contributed by atoms with van der Waals surface area (Å²) in [4.78, 5) is 32.8. The summed E-state index contributed by atoms with van der Waals surface area (Å²) >= 11 is 0. The third kappa shape index (κ3) is 4.88. The maximum Gasteiger partial charge on any atom is 0.238 e. The molecule has 11 heteroatoms. The van der Waals surface area contributed by atoms with Gasteiger partial charge in [-0.3, -0.25) is 14.7 Å². The third-order valence-corrected chi connectivity index (χ3v) is 10.5. The van der Waals surface area contributed by atoms with Crippen molar-refractivity contribution in [2.45, 2.75) is 76.9 Å². The van der Waals surface area contributed by atoms with Crippen molar-refractivity contribution in [3.63, 3.8) is 0 Å². The van der Waals surface area contributed by atoms with Crippen LogP contribution >= 0.6 is 12.4 Å². The van der Waals surface area contributed by atoms with Gasteiger partial charge in [-0.05, 0) is 81.8 Å². The first-order chi connectivity index (χ1) is 21.6. The van der Waals surface area contributed by atoms with Crippen LogP contribution in [0.15, 0.2) is 49.1 Å². The number of hydrogen-bond acceptors (Lipinski definition) is 7. The van der Waals surface area contributed by atoms with Crippen molar-refractivity contribution in [2.24, 2.45) is 5.41 Å². The van der Waals surface area contributed by atoms with E-state index in [0.29, 0.717) is 23.0 Å². The van der Waals surface area contributed by atoms with Crippen LogP contribution in [-0.2, 0) is 10.2 Å². The highest BCUT2D eigenvalue weighted by Crippen LogP contribution is 2.52. The summed E-state index contributed by atoms with van der Waals surface area (Å²) in [6.07, 6.45) is 8.22. The smallest absolute Gasteiger partial charge is 0.238 e. The van der Waals surface area contributed by atoms with Crippen molar-refractivity contribution in [3.05, 3.63) is 60.4 Å². The number of hydrogen-bond donors (Lipinski definition) is 2. The van der Waals surface area contributed by atoms with Crippen LogP contribution in [-0.4, -0.2) is 68.6 Å². The van der Waals surface area contributed by atoms with E-state index in [1.165, 1.54) is 6.20 Å². The van der Waals surface area contributed by atoms with Gasteiger partial charge in [0, 0.05) is 48.7 Å². The molecule has 4 aromatic rings. The molecule has 2 N–H and O–H groups in total. The van der Waals surface area contributed by atoms with E-state index in [2.05, 4.69) is 71.3 Å². The molecule has 9 nitrogen and oxygen atoms in total. The topological polar surface area (TPSA) is 91.2 Å². The van der Waals surface area contributed by atoms with E-state index >= 15 is 0 Å². The first-order valence-corrected chi connectivity index (χ1v) is 16.3. The molecule has 2 saturated heterocycles. The molecule has 6 heterocycles. The Bertz CT molecular complexity index is 1800. The predicted molar refractivity (Wildman–Crippen MR) is 182 cm³/mol. The molecule has 1 saturated carbocycles. The van der Waals surface area contributed by atoms with Crippen LogP contribution < -0.4 is 15.5 Å². The number of benzene rings is 1. The molecule has 0 unspecified atom stereocenters. The number of anilines is 3. The van der Waals surface area contributed by atoms with Gasteiger partial charge in [0.25, 0.3) is 0 Å². The Kier molecular flexibility index (Phi) is 7.61. The highest BCUT2D eigenvalue weighted by molar-refractivity contribution is 6.09. The van der Waals surface area contributed by atoms with E-state index in [1.807, 2.05) is 17.0 Å². The number of nitrogens with one attached hydrogen (secondary N) is 2. The Labute approximate surface area is 275 Å². The van der Waals surface area contributed by atoms with E-state index in [-0.39, 0.29) is 30.4 Å². The van der Waals surface area contributed by atoms with E-state index in [4.69, 9.17) is 9.97 Å². The lowest BCUT2D eigenvalue weighted by atomic mass is 9.73. The van der Waals surface area contributed by atoms with Gasteiger partial charge in [-0.1, -0.05) is 26.0 Å². The fourth-order valence-electron chi connectivity index (χ4n) is 8.12. The van der Waals surface area contributed by atoms with E-state index in [0.717, 1.165) is 85.4 Å². The number of carbonyl (C=O) groups is 1. The van der Waals surface area contributed by atoms with E-state index < -0.39 is 11.2 Å². The maximum absolute atomic E-state index is 14.7. The average molecular weight is 645 g/mol. The Morgan fingerprint density at radius 1 is 1.07 bits per heavy atom. The van der Waals surface area contributed by atoms with Gasteiger partial charge in [0.05, 0.1) is 34.8 Å². The molecule has 4 aliphatic rings. The number of nitrogens with zero attached hydrogens (tertiary/aromatic N) is 6. The number of rotatable bonds is 6. The molecule has 1 spiro atoms. The van der Waals surface area contributed by atoms with Crippen LogP contribution in [0, 0.1) is 11.2 Å². The molecule has 1 amide bonds. The minimum absolute atomic E-state index is 0. The normalized spacial score (nSPS) is 23.3. The molecular formula is C35H42ClFN8O. The van der Waals surface area contributed by atoms with Gasteiger partial charge in [0.1, 0.15) is 5.52 Å². The first-order valence-electron chi connectivity index (χ1n) is 16.3. The number of fused-ring (bicyclic) bond motifs is 3. The van der Waals surface area contributed by atoms with Gasteiger partial charge < -0.3 is 20.1 Å². The molecule has 8 rings (SSSR count). The van der Waals surface area contributed by atoms with Crippen molar-refractivity contribution in [1.82, 2.24) is 29.7 Å². The monoisotopic (exact) mass is 644 g/mol. The molecule has 3 aromatic heterocycles. The van der Waals surface area contributed by atoms with Crippen molar-refractivity contribution < 1.29 is 9.18 Å². The Morgan fingerprint density at radius 3 is 2.52 bits per heavy atom. The summed E-state index contributed by atoms with van der Waals surface area (Å²) in [6, 6.07) is 10.9. The van der Waals surface area contributed by atoms with Gasteiger partial charge in [-0.2, -0.15) is 0 Å². The molecule has 0 bridgehead atoms. The summed E-state index contributed by atoms with van der Waals surface area (Å²) in [7, 11) is 0. The second kappa shape index (κ2) is 11.3. The summed E-state index contributed by atoms with van der Waals surface area (Å²) < 4.78 is 16.8. The highest BCUT2D eigenvalue weighted by Gasteiger charge is 2.55. The SMILES string of the molecule is CC(C)n1cnc2cc(-c3ccc4c(c3)N(C3CC(N5CC(C)(C)C5)C3)C(=O)C43CCNCC3)nc(Nc3ccncc3F)c21.Cl. The number of carbonyl (C=O) groups excluding carboxylic acids is 1. The summed E-state index contributed by atoms with van der Waals surface area (Å²) in [6.45, 7) is 12.8. The molecular weight excluding hydrogens is 603 g/mol. The largest absolute Gasteiger partial charge is 0.336 e. The van der Waals surface area contributed by atoms with Crippen LogP contribution in [0.2, 0.25) is 0 Å². The fraction of sp³-hybridized carbons (Fsp3) is 0.486. The number of imidazole rings is 1. The molecule has 0 atom stereocenters. The molecule has 0 radical (unpaired) electrons. The van der Waals surface area contributed by atoms with E-state index in [1.54, 1.807) is 12.3 Å². The van der Waals surface area contributed by atoms with Gasteiger partial charge in [-0.15, -0.1) is 12.4 Å². The molecule has 242 valence electrons. The van der Waals surface area contributed by atoms with Crippen molar-refractivity contribution in [2.75, 3.05) is 36.4 Å². The van der Waals surface area contributed by atoms with Gasteiger partial charge in [0.15, 0.2) is 11.6 Å². The first kappa shape index (κ1) is 31.0. The Hall–Kier alpha value is -3.60. The van der Waals surface area contributed by atoms with Crippen molar-refractivity contribution in [3.8, 4) is 11.3 Å². The van der Waals surface area contributed by atoms with Crippen LogP contribution in [0.4, 0.5) is 21.6 Å². The Balaban J connectivity index is 0.00000338. The number of aromatic nitrogens is 4. The zero-order valence-corrected chi connectivity index (χ0v) is 27.7. The van der Waals surface area contributed by atoms with Gasteiger partial charge in [-0.25, -0.2) is 14.4 Å². The number of pyridine rings is 2. The number of amides is 1. The van der Waals surface area contributed by atoms with Crippen molar-refractivity contribution in [1.29, 1.82) is 0 Å². The number of likely N-dealkylation sites (tertiary alicyclic amines) is 1. The second-order valence-electron chi connectivity index (χ2n) is 14.5. The highest BCUT2D eigenvalue weighted by atomic mass is 35.5. The minimum atomic E-state index is -0.470. The summed E-state index contributed by atoms with van der Waals surface area (Å²) in [5.41, 5.74) is 5.62. The Morgan fingerprint density at radius 2 is 1.83 bits per heavy atom. The van der Waals surface area contributed by atoms with Gasteiger partial charge in [0.2, 0.25) is 5.91 Å². The van der Waals surface area contributed by atoms with Gasteiger partial charge >= 0.3 is 0 Å². The second-order valence-corrected chi connectivity index (χ2v) is 14.5. The van der Waals surface area contributed by atoms with Crippen LogP contribution in [0.5, 0.6) is 0 Å². The zero-order chi connectivity index (χ0) is 31.1. The standard InChI is InChI=1S/C35H41FN8O.ClH/c1-21(2)43-20-39-29-16-28(41-32(31(29)43)40-27-7-10-38-17-26(27)36)22-5-6-25-30(13-22)44(33(45)35(25)8-11-37-12-9-35)24-14-23(15-24)42-18-34(3,4)19-42;/h5-7,10,13,16-17,20-21,23-24,37H,8-9,11-12,14-15,18-19H2,1-4H3,(H,38,40,41);1H. The van der Waals surface area contributed by atoms with Crippen LogP contribution in [0.25, 0.3) is 22.3 Å². The zero-order valence-electron chi connectivity index (χ0n) is 26.9. The molecule has 3 aliphatic heterocycles. The minimum Gasteiger partial charge on any atom is -0.336 e. The predicted octanol–water partition coefficient (Wildman–Crippen LogP) is 6.22. The molecule has 1 aromatic carbocycles. The lowest BCUT2D eigenvalue weighted by molar-refractivity contribution is -0.125. The number of piperidine rings is 1. The van der Waals surface area contributed by atoms with Crippen molar-refractivity contribution >= 4 is 46.5 Å². The average Bonchev–Trinajstić information content (AvgIpc) is 3.51. The quantitative estimate of drug-likeness (QED) is 0.258. The third-order valence-electron chi connectivity index (χ3n) is 10.5. The maximum atomic E-state index is 14.7. The summed E-state index contributed by atoms with van der Waals surface area (Å²) in [5, 5.41) is 6.69. The molecule has 46 heavy (non-hydrogen) atoms.